The van der Waals surface area contributed by atoms with E-state index in [1.807, 2.05) is 25.2 Å². The topological polar surface area (TPSA) is 101 Å². The van der Waals surface area contributed by atoms with Gasteiger partial charge in [0.1, 0.15) is 0 Å². The summed E-state index contributed by atoms with van der Waals surface area (Å²) in [6.07, 6.45) is 9.68. The lowest BCUT2D eigenvalue weighted by Gasteiger charge is -2.30. The van der Waals surface area contributed by atoms with Crippen molar-refractivity contribution in [2.45, 2.75) is 58.8 Å². The predicted molar refractivity (Wildman–Crippen MR) is 124 cm³/mol. The van der Waals surface area contributed by atoms with Crippen LogP contribution in [0, 0.1) is 11.8 Å². The summed E-state index contributed by atoms with van der Waals surface area (Å²) >= 11 is 0. The van der Waals surface area contributed by atoms with Crippen LogP contribution in [0.25, 0.3) is 0 Å². The molecule has 1 atom stereocenters. The number of hydrogen-bond acceptors (Lipinski definition) is 7. The van der Waals surface area contributed by atoms with E-state index >= 15 is 0 Å². The highest BCUT2D eigenvalue weighted by atomic mass is 16.5. The highest BCUT2D eigenvalue weighted by Crippen LogP contribution is 2.29. The van der Waals surface area contributed by atoms with Crippen molar-refractivity contribution in [2.24, 2.45) is 16.8 Å². The number of nitrogens with zero attached hydrogens (tertiary/aromatic N) is 4. The predicted octanol–water partition coefficient (Wildman–Crippen LogP) is 4.73. The number of carboxylic acid groups (broad SMARTS) is 1. The Hall–Kier alpha value is -2.90. The maximum atomic E-state index is 11.1. The molecular weight excluding hydrogens is 408 g/mol. The number of carbonyl (C=O) groups is 1. The summed E-state index contributed by atoms with van der Waals surface area (Å²) < 4.78 is 11.4. The molecule has 1 aromatic rings. The highest BCUT2D eigenvalue weighted by molar-refractivity contribution is 5.70. The van der Waals surface area contributed by atoms with Crippen LogP contribution in [0.5, 0.6) is 0 Å². The minimum Gasteiger partial charge on any atom is -0.498 e. The minimum atomic E-state index is -0.732. The molecule has 2 aliphatic rings. The third-order valence-corrected chi connectivity index (χ3v) is 6.11. The molecule has 2 heterocycles. The average molecular weight is 443 g/mol. The third kappa shape index (κ3) is 6.31. The Morgan fingerprint density at radius 2 is 2.12 bits per heavy atom. The van der Waals surface area contributed by atoms with Crippen LogP contribution in [0.15, 0.2) is 44.8 Å². The van der Waals surface area contributed by atoms with Crippen LogP contribution in [0.1, 0.15) is 64.6 Å². The van der Waals surface area contributed by atoms with Crippen molar-refractivity contribution in [1.29, 1.82) is 0 Å². The van der Waals surface area contributed by atoms with Crippen LogP contribution in [0.2, 0.25) is 0 Å². The number of carboxylic acids is 1. The van der Waals surface area contributed by atoms with Gasteiger partial charge in [0.15, 0.2) is 5.82 Å². The summed E-state index contributed by atoms with van der Waals surface area (Å²) in [5.74, 6) is 1.29. The number of rotatable bonds is 9. The van der Waals surface area contributed by atoms with Gasteiger partial charge in [-0.3, -0.25) is 9.79 Å². The van der Waals surface area contributed by atoms with E-state index in [1.165, 1.54) is 0 Å². The van der Waals surface area contributed by atoms with Crippen molar-refractivity contribution in [3.8, 4) is 0 Å². The van der Waals surface area contributed by atoms with Crippen molar-refractivity contribution in [1.82, 2.24) is 10.1 Å². The van der Waals surface area contributed by atoms with E-state index in [4.69, 9.17) is 14.4 Å². The quantitative estimate of drug-likeness (QED) is 0.335. The molecule has 1 fully saturated rings. The van der Waals surface area contributed by atoms with E-state index in [2.05, 4.69) is 40.6 Å². The molecule has 0 radical (unpaired) electrons. The molecular formula is C24H34N4O4. The Labute approximate surface area is 189 Å². The van der Waals surface area contributed by atoms with Crippen molar-refractivity contribution in [3.63, 3.8) is 0 Å². The Kier molecular flexibility index (Phi) is 8.25. The van der Waals surface area contributed by atoms with Crippen molar-refractivity contribution in [3.05, 3.63) is 41.1 Å². The number of piperidine rings is 1. The normalized spacial score (nSPS) is 20.9. The number of aromatic nitrogens is 2. The second kappa shape index (κ2) is 11.1. The number of hydrogen-bond donors (Lipinski definition) is 1. The monoisotopic (exact) mass is 442 g/mol. The van der Waals surface area contributed by atoms with Crippen molar-refractivity contribution < 1.29 is 19.2 Å². The maximum Gasteiger partial charge on any atom is 0.324 e. The maximum absolute atomic E-state index is 11.1. The van der Waals surface area contributed by atoms with Crippen LogP contribution >= 0.6 is 0 Å². The molecule has 32 heavy (non-hydrogen) atoms. The Balaban J connectivity index is 1.46. The number of ether oxygens (including phenoxy) is 1. The Morgan fingerprint density at radius 1 is 1.38 bits per heavy atom. The third-order valence-electron chi connectivity index (χ3n) is 6.11. The van der Waals surface area contributed by atoms with E-state index in [0.29, 0.717) is 37.8 Å². The van der Waals surface area contributed by atoms with Gasteiger partial charge in [0.2, 0.25) is 0 Å². The Bertz CT molecular complexity index is 892. The van der Waals surface area contributed by atoms with Gasteiger partial charge in [-0.1, -0.05) is 25.1 Å². The second-order valence-corrected chi connectivity index (χ2v) is 8.86. The molecule has 1 unspecified atom stereocenters. The molecule has 1 aromatic heterocycles. The van der Waals surface area contributed by atoms with Gasteiger partial charge in [-0.2, -0.15) is 4.98 Å². The van der Waals surface area contributed by atoms with Crippen LogP contribution in [-0.2, 0) is 9.53 Å². The van der Waals surface area contributed by atoms with Crippen LogP contribution < -0.4 is 4.90 Å². The van der Waals surface area contributed by atoms with Gasteiger partial charge in [-0.05, 0) is 69.4 Å². The van der Waals surface area contributed by atoms with Crippen molar-refractivity contribution in [2.75, 3.05) is 24.6 Å². The number of allylic oxidation sites excluding steroid dienone is 5. The fourth-order valence-corrected chi connectivity index (χ4v) is 3.93. The van der Waals surface area contributed by atoms with Gasteiger partial charge in [0.05, 0.1) is 24.0 Å². The number of aliphatic carboxylic acids is 1. The summed E-state index contributed by atoms with van der Waals surface area (Å²) in [5.41, 5.74) is 1.83. The molecule has 1 aliphatic heterocycles. The van der Waals surface area contributed by atoms with Crippen LogP contribution in [-0.4, -0.2) is 47.6 Å². The van der Waals surface area contributed by atoms with Crippen LogP contribution in [0.3, 0.4) is 0 Å². The summed E-state index contributed by atoms with van der Waals surface area (Å²) in [6, 6.07) is 0.616. The lowest BCUT2D eigenvalue weighted by atomic mass is 9.88. The number of aliphatic imine (C=N–C) groups is 1. The molecule has 1 N–H and O–H groups in total. The molecule has 1 saturated heterocycles. The zero-order valence-corrected chi connectivity index (χ0v) is 19.3. The lowest BCUT2D eigenvalue weighted by Crippen LogP contribution is -2.35. The highest BCUT2D eigenvalue weighted by Gasteiger charge is 2.24. The zero-order chi connectivity index (χ0) is 23.1. The molecule has 8 heteroatoms. The van der Waals surface area contributed by atoms with E-state index in [1.54, 1.807) is 0 Å². The van der Waals surface area contributed by atoms with Gasteiger partial charge >= 0.3 is 12.0 Å². The molecule has 3 rings (SSSR count). The molecule has 0 bridgehead atoms. The fourth-order valence-electron chi connectivity index (χ4n) is 3.93. The van der Waals surface area contributed by atoms with E-state index < -0.39 is 5.97 Å². The molecule has 0 aromatic carbocycles. The summed E-state index contributed by atoms with van der Waals surface area (Å²) in [7, 11) is 0. The zero-order valence-electron chi connectivity index (χ0n) is 19.3. The van der Waals surface area contributed by atoms with Gasteiger partial charge in [-0.25, -0.2) is 0 Å². The van der Waals surface area contributed by atoms with Gasteiger partial charge in [0, 0.05) is 19.0 Å². The average Bonchev–Trinajstić information content (AvgIpc) is 3.29. The second-order valence-electron chi connectivity index (χ2n) is 8.86. The number of anilines is 1. The summed E-state index contributed by atoms with van der Waals surface area (Å²) in [6.45, 7) is 12.1. The molecule has 0 spiro atoms. The summed E-state index contributed by atoms with van der Waals surface area (Å²) in [4.78, 5) is 21.9. The first-order chi connectivity index (χ1) is 15.4. The van der Waals surface area contributed by atoms with E-state index in [-0.39, 0.29) is 11.8 Å². The first-order valence-electron chi connectivity index (χ1n) is 11.4. The van der Waals surface area contributed by atoms with Gasteiger partial charge < -0.3 is 19.3 Å². The van der Waals surface area contributed by atoms with Gasteiger partial charge in [-0.15, -0.1) is 0 Å². The minimum absolute atomic E-state index is 0.259. The van der Waals surface area contributed by atoms with Crippen LogP contribution in [0.4, 0.5) is 6.01 Å². The molecule has 0 amide bonds. The van der Waals surface area contributed by atoms with E-state index in [0.717, 1.165) is 48.8 Å². The standard InChI is InChI=1S/C24H34N4O4/c1-16(2)22-26-24(32-27-22)28-13-11-18(12-14-28)15-31-17(3)5-10-21(25-4)19-6-8-20(9-7-19)23(29)30/h5-6,10,16,18,20H,4,7-9,11-15H2,1-3H3,(H,29,30)/b17-5+,21-10-. The van der Waals surface area contributed by atoms with E-state index in [9.17, 15) is 4.79 Å². The smallest absolute Gasteiger partial charge is 0.324 e. The van der Waals surface area contributed by atoms with Gasteiger partial charge in [0.25, 0.3) is 0 Å². The van der Waals surface area contributed by atoms with Crippen molar-refractivity contribution >= 4 is 18.7 Å². The first-order valence-corrected chi connectivity index (χ1v) is 11.4. The molecule has 8 nitrogen and oxygen atoms in total. The SMILES string of the molecule is C=N/C(=C\C=C(/C)OCC1CCN(c2nc(C(C)C)no2)CC1)C1=CCC(C(=O)O)CC1. The first kappa shape index (κ1) is 23.8. The Morgan fingerprint density at radius 3 is 2.69 bits per heavy atom. The fraction of sp³-hybridized carbons (Fsp3) is 0.583. The molecule has 1 aliphatic carbocycles. The molecule has 0 saturated carbocycles. The largest absolute Gasteiger partial charge is 0.498 e. The molecule has 174 valence electrons. The lowest BCUT2D eigenvalue weighted by molar-refractivity contribution is -0.141. The summed E-state index contributed by atoms with van der Waals surface area (Å²) in [5, 5.41) is 13.2.